The van der Waals surface area contributed by atoms with Crippen molar-refractivity contribution in [1.82, 2.24) is 4.90 Å². The molecular weight excluding hydrogens is 296 g/mol. The molecule has 1 aromatic rings. The van der Waals surface area contributed by atoms with Crippen molar-refractivity contribution < 1.29 is 14.5 Å². The minimum atomic E-state index is -0.484. The Hall–Kier alpha value is -1.95. The van der Waals surface area contributed by atoms with E-state index in [9.17, 15) is 14.9 Å². The number of ether oxygens (including phenoxy) is 1. The average Bonchev–Trinajstić information content (AvgIpc) is 2.58. The predicted octanol–water partition coefficient (Wildman–Crippen LogP) is 3.26. The van der Waals surface area contributed by atoms with E-state index in [-0.39, 0.29) is 5.69 Å². The maximum absolute atomic E-state index is 12.0. The molecule has 23 heavy (non-hydrogen) atoms. The Kier molecular flexibility index (Phi) is 6.52. The van der Waals surface area contributed by atoms with Crippen molar-refractivity contribution >= 4 is 11.7 Å². The van der Waals surface area contributed by atoms with Crippen LogP contribution in [0.15, 0.2) is 24.3 Å². The van der Waals surface area contributed by atoms with Crippen LogP contribution in [0.25, 0.3) is 0 Å². The number of esters is 1. The Labute approximate surface area is 136 Å². The highest BCUT2D eigenvalue weighted by atomic mass is 16.6. The number of hydrogen-bond acceptors (Lipinski definition) is 5. The fourth-order valence-electron chi connectivity index (χ4n) is 2.87. The zero-order valence-electron chi connectivity index (χ0n) is 13.6. The van der Waals surface area contributed by atoms with Crippen LogP contribution < -0.4 is 0 Å². The number of carbonyl (C=O) groups is 1. The zero-order chi connectivity index (χ0) is 16.7. The molecule has 0 amide bonds. The minimum absolute atomic E-state index is 0.0274. The number of nitro groups is 1. The third-order valence-electron chi connectivity index (χ3n) is 4.19. The first-order valence-electron chi connectivity index (χ1n) is 8.24. The van der Waals surface area contributed by atoms with Crippen LogP contribution in [0.5, 0.6) is 0 Å². The monoisotopic (exact) mass is 320 g/mol. The number of nitrogens with zero attached hydrogens (tertiary/aromatic N) is 2. The van der Waals surface area contributed by atoms with Crippen LogP contribution in [0.2, 0.25) is 0 Å². The first-order valence-corrected chi connectivity index (χ1v) is 8.24. The normalized spacial score (nSPS) is 18.6. The van der Waals surface area contributed by atoms with Gasteiger partial charge >= 0.3 is 5.97 Å². The lowest BCUT2D eigenvalue weighted by Crippen LogP contribution is -2.38. The molecule has 1 atom stereocenters. The van der Waals surface area contributed by atoms with Crippen LogP contribution >= 0.6 is 0 Å². The number of likely N-dealkylation sites (tertiary alicyclic amines) is 1. The van der Waals surface area contributed by atoms with Crippen molar-refractivity contribution in [1.29, 1.82) is 0 Å². The van der Waals surface area contributed by atoms with E-state index >= 15 is 0 Å². The standard InChI is InChI=1S/C17H24N2O4/c1-2-3-10-18-11-4-5-14(12-18)13-23-17(20)15-6-8-16(9-7-15)19(21)22/h6-9,14H,2-5,10-13H2,1H3. The van der Waals surface area contributed by atoms with Crippen LogP contribution in [0, 0.1) is 16.0 Å². The van der Waals surface area contributed by atoms with Gasteiger partial charge in [0.15, 0.2) is 0 Å². The molecule has 2 rings (SSSR count). The smallest absolute Gasteiger partial charge is 0.338 e. The van der Waals surface area contributed by atoms with Gasteiger partial charge in [0, 0.05) is 24.6 Å². The number of piperidine rings is 1. The molecule has 1 fully saturated rings. The fraction of sp³-hybridized carbons (Fsp3) is 0.588. The van der Waals surface area contributed by atoms with E-state index in [0.717, 1.165) is 32.5 Å². The van der Waals surface area contributed by atoms with E-state index in [4.69, 9.17) is 4.74 Å². The molecule has 1 aromatic carbocycles. The van der Waals surface area contributed by atoms with E-state index in [1.807, 2.05) is 0 Å². The second-order valence-corrected chi connectivity index (χ2v) is 6.06. The van der Waals surface area contributed by atoms with Gasteiger partial charge in [-0.15, -0.1) is 0 Å². The Bertz CT molecular complexity index is 530. The summed E-state index contributed by atoms with van der Waals surface area (Å²) in [7, 11) is 0. The van der Waals surface area contributed by atoms with Gasteiger partial charge < -0.3 is 9.64 Å². The number of benzene rings is 1. The first kappa shape index (κ1) is 17.4. The second-order valence-electron chi connectivity index (χ2n) is 6.06. The van der Waals surface area contributed by atoms with Gasteiger partial charge in [0.25, 0.3) is 5.69 Å². The van der Waals surface area contributed by atoms with Gasteiger partial charge in [-0.25, -0.2) is 4.79 Å². The zero-order valence-corrected chi connectivity index (χ0v) is 13.6. The molecule has 0 bridgehead atoms. The maximum atomic E-state index is 12.0. The lowest BCUT2D eigenvalue weighted by Gasteiger charge is -2.32. The molecule has 126 valence electrons. The third-order valence-corrected chi connectivity index (χ3v) is 4.19. The highest BCUT2D eigenvalue weighted by Gasteiger charge is 2.21. The molecular formula is C17H24N2O4. The maximum Gasteiger partial charge on any atom is 0.338 e. The molecule has 0 N–H and O–H groups in total. The van der Waals surface area contributed by atoms with Gasteiger partial charge in [-0.1, -0.05) is 13.3 Å². The number of non-ortho nitro benzene ring substituents is 1. The number of nitro benzene ring substituents is 1. The summed E-state index contributed by atoms with van der Waals surface area (Å²) in [4.78, 5) is 24.6. The van der Waals surface area contributed by atoms with E-state index in [1.165, 1.54) is 37.1 Å². The Morgan fingerprint density at radius 2 is 2.13 bits per heavy atom. The third kappa shape index (κ3) is 5.32. The number of carbonyl (C=O) groups excluding carboxylic acids is 1. The van der Waals surface area contributed by atoms with Crippen LogP contribution in [-0.4, -0.2) is 42.0 Å². The highest BCUT2D eigenvalue weighted by molar-refractivity contribution is 5.89. The first-order chi connectivity index (χ1) is 11.1. The molecule has 1 aliphatic heterocycles. The summed E-state index contributed by atoms with van der Waals surface area (Å²) >= 11 is 0. The second kappa shape index (κ2) is 8.62. The molecule has 0 aliphatic carbocycles. The summed E-state index contributed by atoms with van der Waals surface area (Å²) in [5.74, 6) is -0.0341. The minimum Gasteiger partial charge on any atom is -0.462 e. The molecule has 0 spiro atoms. The SMILES string of the molecule is CCCCN1CCCC(COC(=O)c2ccc([N+](=O)[O-])cc2)C1. The molecule has 1 saturated heterocycles. The van der Waals surface area contributed by atoms with Crippen LogP contribution in [-0.2, 0) is 4.74 Å². The Balaban J connectivity index is 1.80. The molecule has 0 radical (unpaired) electrons. The molecule has 6 heteroatoms. The summed E-state index contributed by atoms with van der Waals surface area (Å²) in [6.45, 7) is 5.83. The topological polar surface area (TPSA) is 72.7 Å². The van der Waals surface area contributed by atoms with Gasteiger partial charge in [0.2, 0.25) is 0 Å². The largest absolute Gasteiger partial charge is 0.462 e. The lowest BCUT2D eigenvalue weighted by molar-refractivity contribution is -0.384. The van der Waals surface area contributed by atoms with E-state index in [2.05, 4.69) is 11.8 Å². The Morgan fingerprint density at radius 1 is 1.39 bits per heavy atom. The van der Waals surface area contributed by atoms with Crippen molar-refractivity contribution in [2.45, 2.75) is 32.6 Å². The highest BCUT2D eigenvalue weighted by Crippen LogP contribution is 2.18. The van der Waals surface area contributed by atoms with Crippen molar-refractivity contribution in [3.63, 3.8) is 0 Å². The van der Waals surface area contributed by atoms with Crippen molar-refractivity contribution in [3.05, 3.63) is 39.9 Å². The summed E-state index contributed by atoms with van der Waals surface area (Å²) in [6, 6.07) is 5.52. The number of rotatable bonds is 7. The lowest BCUT2D eigenvalue weighted by atomic mass is 9.99. The number of unbranched alkanes of at least 4 members (excludes halogenated alkanes) is 1. The van der Waals surface area contributed by atoms with Gasteiger partial charge in [-0.3, -0.25) is 10.1 Å². The Morgan fingerprint density at radius 3 is 2.78 bits per heavy atom. The molecule has 0 aromatic heterocycles. The average molecular weight is 320 g/mol. The van der Waals surface area contributed by atoms with Crippen LogP contribution in [0.1, 0.15) is 43.0 Å². The fourth-order valence-corrected chi connectivity index (χ4v) is 2.87. The van der Waals surface area contributed by atoms with Gasteiger partial charge in [0.1, 0.15) is 0 Å². The van der Waals surface area contributed by atoms with Crippen LogP contribution in [0.3, 0.4) is 0 Å². The molecule has 6 nitrogen and oxygen atoms in total. The molecule has 1 heterocycles. The van der Waals surface area contributed by atoms with Crippen LogP contribution in [0.4, 0.5) is 5.69 Å². The number of hydrogen-bond donors (Lipinski definition) is 0. The van der Waals surface area contributed by atoms with Crippen molar-refractivity contribution in [2.24, 2.45) is 5.92 Å². The van der Waals surface area contributed by atoms with E-state index in [1.54, 1.807) is 0 Å². The van der Waals surface area contributed by atoms with E-state index in [0.29, 0.717) is 18.1 Å². The summed E-state index contributed by atoms with van der Waals surface area (Å²) in [5.41, 5.74) is 0.328. The molecule has 0 saturated carbocycles. The molecule has 1 unspecified atom stereocenters. The quantitative estimate of drug-likeness (QED) is 0.438. The molecule has 1 aliphatic rings. The van der Waals surface area contributed by atoms with Gasteiger partial charge in [-0.2, -0.15) is 0 Å². The van der Waals surface area contributed by atoms with Gasteiger partial charge in [0.05, 0.1) is 17.1 Å². The van der Waals surface area contributed by atoms with E-state index < -0.39 is 10.9 Å². The summed E-state index contributed by atoms with van der Waals surface area (Å²) in [6.07, 6.45) is 4.62. The van der Waals surface area contributed by atoms with Gasteiger partial charge in [-0.05, 0) is 44.5 Å². The summed E-state index contributed by atoms with van der Waals surface area (Å²) in [5, 5.41) is 10.6. The summed E-state index contributed by atoms with van der Waals surface area (Å²) < 4.78 is 5.39. The van der Waals surface area contributed by atoms with Crippen molar-refractivity contribution in [3.8, 4) is 0 Å². The van der Waals surface area contributed by atoms with Crippen molar-refractivity contribution in [2.75, 3.05) is 26.2 Å². The predicted molar refractivity (Wildman–Crippen MR) is 87.5 cm³/mol.